The Balaban J connectivity index is 1.37. The van der Waals surface area contributed by atoms with Crippen molar-refractivity contribution >= 4 is 38.9 Å². The van der Waals surface area contributed by atoms with Gasteiger partial charge in [0.25, 0.3) is 0 Å². The summed E-state index contributed by atoms with van der Waals surface area (Å²) in [5.41, 5.74) is -0.295. The lowest BCUT2D eigenvalue weighted by molar-refractivity contribution is -0.136. The van der Waals surface area contributed by atoms with Crippen molar-refractivity contribution in [3.8, 4) is 6.07 Å². The van der Waals surface area contributed by atoms with Crippen molar-refractivity contribution in [3.63, 3.8) is 0 Å². The third kappa shape index (κ3) is 4.75. The van der Waals surface area contributed by atoms with Crippen molar-refractivity contribution in [2.75, 3.05) is 19.9 Å². The molecule has 2 atom stereocenters. The molecule has 3 fully saturated rings. The maximum absolute atomic E-state index is 13.9. The Hall–Kier alpha value is -2.15. The number of carbonyl (C=O) groups excluding carboxylic acids is 1. The number of nitrogens with one attached hydrogen (secondary N) is 1. The van der Waals surface area contributed by atoms with Gasteiger partial charge in [-0.25, -0.2) is 8.42 Å². The standard InChI is InChI=1S/C26H27Cl2N3O4S/c27-19-7-5-18(6-8-19)26(11-12-26)24(32)31-14-21(36(33,34)23-4-2-1-3-22(23)28)13-20(31)15-35-17-30-25(16-29)9-10-25/h1-8,20-21,30H,9-15,17H2. The fraction of sp³-hybridized carbons (Fsp3) is 0.462. The molecule has 2 aromatic carbocycles. The normalized spacial score (nSPS) is 23.8. The monoisotopic (exact) mass is 547 g/mol. The van der Waals surface area contributed by atoms with E-state index in [4.69, 9.17) is 27.9 Å². The molecule has 1 aliphatic heterocycles. The minimum atomic E-state index is -3.77. The zero-order valence-corrected chi connectivity index (χ0v) is 22.0. The molecular weight excluding hydrogens is 521 g/mol. The summed E-state index contributed by atoms with van der Waals surface area (Å²) in [5.74, 6) is -0.0843. The Bertz CT molecular complexity index is 1300. The Kier molecular flexibility index (Phi) is 6.81. The van der Waals surface area contributed by atoms with E-state index in [0.717, 1.165) is 18.4 Å². The molecule has 2 aromatic rings. The first kappa shape index (κ1) is 25.5. The van der Waals surface area contributed by atoms with E-state index >= 15 is 0 Å². The van der Waals surface area contributed by atoms with Gasteiger partial charge in [-0.05, 0) is 61.9 Å². The number of benzene rings is 2. The van der Waals surface area contributed by atoms with E-state index in [1.165, 1.54) is 6.07 Å². The second-order valence-electron chi connectivity index (χ2n) is 9.92. The first-order valence-electron chi connectivity index (χ1n) is 12.0. The van der Waals surface area contributed by atoms with Crippen LogP contribution in [0.2, 0.25) is 10.0 Å². The van der Waals surface area contributed by atoms with Crippen LogP contribution in [0.5, 0.6) is 0 Å². The summed E-state index contributed by atoms with van der Waals surface area (Å²) in [6.07, 6.45) is 3.21. The van der Waals surface area contributed by atoms with E-state index in [1.807, 2.05) is 12.1 Å². The van der Waals surface area contributed by atoms with Crippen LogP contribution in [0.15, 0.2) is 53.4 Å². The Morgan fingerprint density at radius 2 is 1.81 bits per heavy atom. The molecule has 3 aliphatic rings. The maximum atomic E-state index is 13.9. The summed E-state index contributed by atoms with van der Waals surface area (Å²) < 4.78 is 32.9. The largest absolute Gasteiger partial charge is 0.364 e. The number of nitriles is 1. The lowest BCUT2D eigenvalue weighted by Crippen LogP contribution is -2.45. The third-order valence-corrected chi connectivity index (χ3v) is 10.4. The van der Waals surface area contributed by atoms with Crippen molar-refractivity contribution < 1.29 is 17.9 Å². The number of sulfone groups is 1. The number of nitrogens with zero attached hydrogens (tertiary/aromatic N) is 2. The van der Waals surface area contributed by atoms with E-state index in [9.17, 15) is 18.5 Å². The van der Waals surface area contributed by atoms with Crippen molar-refractivity contribution in [1.29, 1.82) is 5.26 Å². The first-order chi connectivity index (χ1) is 17.2. The number of ether oxygens (including phenoxy) is 1. The summed E-state index contributed by atoms with van der Waals surface area (Å²) in [7, 11) is -3.77. The molecule has 1 heterocycles. The van der Waals surface area contributed by atoms with Gasteiger partial charge in [0, 0.05) is 11.6 Å². The highest BCUT2D eigenvalue weighted by atomic mass is 35.5. The van der Waals surface area contributed by atoms with Gasteiger partial charge in [0.15, 0.2) is 9.84 Å². The molecule has 0 aromatic heterocycles. The van der Waals surface area contributed by atoms with Crippen LogP contribution in [-0.2, 0) is 24.8 Å². The second kappa shape index (κ2) is 9.62. The first-order valence-corrected chi connectivity index (χ1v) is 14.3. The molecule has 5 rings (SSSR count). The van der Waals surface area contributed by atoms with Gasteiger partial charge >= 0.3 is 0 Å². The highest BCUT2D eigenvalue weighted by Crippen LogP contribution is 2.51. The van der Waals surface area contributed by atoms with Crippen molar-refractivity contribution in [3.05, 3.63) is 64.1 Å². The number of carbonyl (C=O) groups is 1. The molecular formula is C26H27Cl2N3O4S. The average Bonchev–Trinajstić information content (AvgIpc) is 3.79. The zero-order chi connectivity index (χ0) is 25.6. The molecule has 2 saturated carbocycles. The molecule has 7 nitrogen and oxygen atoms in total. The summed E-state index contributed by atoms with van der Waals surface area (Å²) in [4.78, 5) is 15.7. The maximum Gasteiger partial charge on any atom is 0.233 e. The zero-order valence-electron chi connectivity index (χ0n) is 19.6. The van der Waals surface area contributed by atoms with E-state index in [-0.39, 0.29) is 42.1 Å². The topological polar surface area (TPSA) is 99.5 Å². The van der Waals surface area contributed by atoms with Gasteiger partial charge in [-0.1, -0.05) is 47.5 Å². The molecule has 1 saturated heterocycles. The van der Waals surface area contributed by atoms with Gasteiger partial charge in [-0.15, -0.1) is 0 Å². The predicted molar refractivity (Wildman–Crippen MR) is 136 cm³/mol. The van der Waals surface area contributed by atoms with Crippen LogP contribution in [-0.4, -0.2) is 55.9 Å². The predicted octanol–water partition coefficient (Wildman–Crippen LogP) is 4.09. The van der Waals surface area contributed by atoms with Crippen LogP contribution in [0.25, 0.3) is 0 Å². The fourth-order valence-electron chi connectivity index (χ4n) is 4.99. The SMILES string of the molecule is N#CC1(NCOCC2CC(S(=O)(=O)c3ccccc3Cl)CN2C(=O)C2(c3ccc(Cl)cc3)CC2)CC1. The van der Waals surface area contributed by atoms with E-state index in [2.05, 4.69) is 11.4 Å². The molecule has 10 heteroatoms. The molecule has 36 heavy (non-hydrogen) atoms. The van der Waals surface area contributed by atoms with Crippen LogP contribution in [0.3, 0.4) is 0 Å². The minimum Gasteiger partial charge on any atom is -0.364 e. The van der Waals surface area contributed by atoms with Gasteiger partial charge < -0.3 is 9.64 Å². The van der Waals surface area contributed by atoms with Crippen LogP contribution < -0.4 is 5.32 Å². The molecule has 1 N–H and O–H groups in total. The Morgan fingerprint density at radius 1 is 1.11 bits per heavy atom. The van der Waals surface area contributed by atoms with Crippen molar-refractivity contribution in [2.24, 2.45) is 0 Å². The highest BCUT2D eigenvalue weighted by Gasteiger charge is 2.56. The second-order valence-corrected chi connectivity index (χ2v) is 13.0. The molecule has 2 unspecified atom stereocenters. The Morgan fingerprint density at radius 3 is 2.42 bits per heavy atom. The van der Waals surface area contributed by atoms with Gasteiger partial charge in [-0.3, -0.25) is 10.1 Å². The quantitative estimate of drug-likeness (QED) is 0.375. The van der Waals surface area contributed by atoms with Crippen LogP contribution in [0.1, 0.15) is 37.7 Å². The minimum absolute atomic E-state index is 0.0747. The van der Waals surface area contributed by atoms with E-state index in [1.54, 1.807) is 35.2 Å². The van der Waals surface area contributed by atoms with Crippen molar-refractivity contribution in [1.82, 2.24) is 10.2 Å². The highest BCUT2D eigenvalue weighted by molar-refractivity contribution is 7.92. The summed E-state index contributed by atoms with van der Waals surface area (Å²) in [6, 6.07) is 15.5. The molecule has 0 radical (unpaired) electrons. The van der Waals surface area contributed by atoms with Crippen LogP contribution >= 0.6 is 23.2 Å². The van der Waals surface area contributed by atoms with Gasteiger partial charge in [0.1, 0.15) is 5.54 Å². The van der Waals surface area contributed by atoms with Crippen LogP contribution in [0.4, 0.5) is 0 Å². The molecule has 2 aliphatic carbocycles. The molecule has 0 spiro atoms. The van der Waals surface area contributed by atoms with Crippen molar-refractivity contribution in [2.45, 2.75) is 59.2 Å². The smallest absolute Gasteiger partial charge is 0.233 e. The lowest BCUT2D eigenvalue weighted by atomic mass is 9.94. The molecule has 1 amide bonds. The third-order valence-electron chi connectivity index (χ3n) is 7.56. The molecule has 0 bridgehead atoms. The molecule has 190 valence electrons. The van der Waals surface area contributed by atoms with Crippen LogP contribution in [0, 0.1) is 11.3 Å². The Labute approximate surface area is 221 Å². The van der Waals surface area contributed by atoms with E-state index < -0.39 is 32.1 Å². The lowest BCUT2D eigenvalue weighted by Gasteiger charge is -2.29. The number of amides is 1. The summed E-state index contributed by atoms with van der Waals surface area (Å²) in [5, 5.41) is 12.3. The number of rotatable bonds is 9. The van der Waals surface area contributed by atoms with Gasteiger partial charge in [0.2, 0.25) is 5.91 Å². The number of likely N-dealkylation sites (tertiary alicyclic amines) is 1. The summed E-state index contributed by atoms with van der Waals surface area (Å²) >= 11 is 12.3. The fourth-order valence-corrected chi connectivity index (χ4v) is 7.38. The van der Waals surface area contributed by atoms with Gasteiger partial charge in [-0.2, -0.15) is 5.26 Å². The summed E-state index contributed by atoms with van der Waals surface area (Å²) in [6.45, 7) is 0.410. The number of hydrogen-bond acceptors (Lipinski definition) is 6. The van der Waals surface area contributed by atoms with E-state index in [0.29, 0.717) is 17.9 Å². The number of hydrogen-bond donors (Lipinski definition) is 1. The average molecular weight is 548 g/mol. The number of halogens is 2. The van der Waals surface area contributed by atoms with Gasteiger partial charge in [0.05, 0.1) is 46.0 Å².